The molecular formula is C46H41F2N3O2. The van der Waals surface area contributed by atoms with Gasteiger partial charge in [0, 0.05) is 48.8 Å². The molecule has 5 nitrogen and oxygen atoms in total. The fraction of sp³-hybridized carbons (Fsp3) is 0.217. The van der Waals surface area contributed by atoms with Gasteiger partial charge in [-0.15, -0.1) is 0 Å². The van der Waals surface area contributed by atoms with Crippen molar-refractivity contribution in [1.82, 2.24) is 4.98 Å². The van der Waals surface area contributed by atoms with E-state index >= 15 is 4.39 Å². The third-order valence-electron chi connectivity index (χ3n) is 11.0. The van der Waals surface area contributed by atoms with Gasteiger partial charge in [0.25, 0.3) is 0 Å². The Morgan fingerprint density at radius 3 is 2.21 bits per heavy atom. The average molecular weight is 706 g/mol. The molecule has 0 spiro atoms. The zero-order chi connectivity index (χ0) is 36.7. The van der Waals surface area contributed by atoms with Crippen LogP contribution in [0.25, 0.3) is 32.4 Å². The summed E-state index contributed by atoms with van der Waals surface area (Å²) in [5.41, 5.74) is 6.61. The zero-order valence-electron chi connectivity index (χ0n) is 29.9. The molecule has 53 heavy (non-hydrogen) atoms. The van der Waals surface area contributed by atoms with Crippen LogP contribution in [0, 0.1) is 11.6 Å². The molecule has 1 saturated heterocycles. The summed E-state index contributed by atoms with van der Waals surface area (Å²) in [5, 5.41) is 13.6. The predicted octanol–water partition coefficient (Wildman–Crippen LogP) is 10.5. The van der Waals surface area contributed by atoms with E-state index in [0.29, 0.717) is 22.5 Å². The number of halogens is 2. The summed E-state index contributed by atoms with van der Waals surface area (Å²) < 4.78 is 29.5. The summed E-state index contributed by atoms with van der Waals surface area (Å²) >= 11 is 0. The number of aromatic carboxylic acids is 1. The lowest BCUT2D eigenvalue weighted by molar-refractivity contribution is 0.0698. The minimum atomic E-state index is -0.940. The summed E-state index contributed by atoms with van der Waals surface area (Å²) in [6.45, 7) is 7.96. The predicted molar refractivity (Wildman–Crippen MR) is 211 cm³/mol. The maximum absolute atomic E-state index is 15.2. The summed E-state index contributed by atoms with van der Waals surface area (Å²) in [4.78, 5) is 19.4. The number of benzene rings is 6. The van der Waals surface area contributed by atoms with Gasteiger partial charge in [-0.3, -0.25) is 4.98 Å². The largest absolute Gasteiger partial charge is 0.478 e. The van der Waals surface area contributed by atoms with Crippen molar-refractivity contribution in [3.05, 3.63) is 161 Å². The Balaban J connectivity index is 0.000000259. The molecule has 1 unspecified atom stereocenters. The molecule has 2 aliphatic rings. The number of piperazine rings is 1. The van der Waals surface area contributed by atoms with E-state index in [1.54, 1.807) is 36.5 Å². The van der Waals surface area contributed by atoms with Crippen molar-refractivity contribution in [3.8, 4) is 0 Å². The molecule has 0 amide bonds. The summed E-state index contributed by atoms with van der Waals surface area (Å²) in [6.07, 6.45) is 3.56. The number of carbonyl (C=O) groups is 1. The number of anilines is 2. The summed E-state index contributed by atoms with van der Waals surface area (Å²) in [5.74, 6) is -0.840. The van der Waals surface area contributed by atoms with E-state index in [-0.39, 0.29) is 22.6 Å². The first-order chi connectivity index (χ1) is 25.7. The van der Waals surface area contributed by atoms with Crippen molar-refractivity contribution in [1.29, 1.82) is 0 Å². The van der Waals surface area contributed by atoms with Gasteiger partial charge in [-0.1, -0.05) is 92.7 Å². The molecule has 1 aliphatic carbocycles. The van der Waals surface area contributed by atoms with Crippen molar-refractivity contribution >= 4 is 49.8 Å². The van der Waals surface area contributed by atoms with E-state index in [2.05, 4.69) is 65.0 Å². The Labute approximate surface area is 308 Å². The van der Waals surface area contributed by atoms with Gasteiger partial charge in [-0.05, 0) is 99.5 Å². The van der Waals surface area contributed by atoms with E-state index < -0.39 is 5.97 Å². The van der Waals surface area contributed by atoms with E-state index in [1.165, 1.54) is 28.4 Å². The maximum Gasteiger partial charge on any atom is 0.337 e. The number of hydrogen-bond acceptors (Lipinski definition) is 4. The van der Waals surface area contributed by atoms with Crippen LogP contribution in [0.3, 0.4) is 0 Å². The maximum atomic E-state index is 15.2. The average Bonchev–Trinajstić information content (AvgIpc) is 3.18. The molecule has 1 atom stereocenters. The van der Waals surface area contributed by atoms with Gasteiger partial charge in [0.1, 0.15) is 11.6 Å². The van der Waals surface area contributed by atoms with Gasteiger partial charge in [0.05, 0.1) is 16.8 Å². The highest BCUT2D eigenvalue weighted by Gasteiger charge is 2.35. The molecule has 9 rings (SSSR count). The monoisotopic (exact) mass is 705 g/mol. The molecule has 2 heterocycles. The Hall–Kier alpha value is -5.82. The number of nitrogens with zero attached hydrogens (tertiary/aromatic N) is 3. The smallest absolute Gasteiger partial charge is 0.337 e. The van der Waals surface area contributed by atoms with E-state index in [4.69, 9.17) is 5.11 Å². The molecule has 7 aromatic rings. The van der Waals surface area contributed by atoms with Gasteiger partial charge in [-0.25, -0.2) is 13.6 Å². The van der Waals surface area contributed by atoms with Gasteiger partial charge in [-0.2, -0.15) is 0 Å². The first-order valence-corrected chi connectivity index (χ1v) is 18.2. The van der Waals surface area contributed by atoms with Crippen LogP contribution in [0.15, 0.2) is 128 Å². The molecule has 0 saturated carbocycles. The molecule has 6 aromatic carbocycles. The SMILES string of the molecule is CC1(C)CC(c2cccc(N3CCN(c4ccccc4F)CC3)c2)Cc2ccc3c(cc(F)c4ccccc43)c21.O=C(O)c1cccc2cccnc12. The molecule has 1 N–H and O–H groups in total. The molecule has 0 bridgehead atoms. The number of fused-ring (bicyclic) bond motifs is 6. The van der Waals surface area contributed by atoms with Crippen LogP contribution >= 0.6 is 0 Å². The molecule has 0 radical (unpaired) electrons. The van der Waals surface area contributed by atoms with Gasteiger partial charge in [0.2, 0.25) is 0 Å². The molecular weight excluding hydrogens is 665 g/mol. The lowest BCUT2D eigenvalue weighted by atomic mass is 9.65. The standard InChI is InChI=1S/C36H34F2N2.C10H7NO2/c1-36(2)23-26(20-25-14-15-29-28-10-3-4-11-30(28)33(38)22-31(29)35(25)36)24-8-7-9-27(21-24)39-16-18-40(19-17-39)34-13-6-5-12-32(34)37;12-10(13)8-5-1-3-7-4-2-6-11-9(7)8/h3-15,21-22,26H,16-20,23H2,1-2H3;1-6H,(H,12,13). The Morgan fingerprint density at radius 1 is 0.717 bits per heavy atom. The number of pyridine rings is 1. The highest BCUT2D eigenvalue weighted by Crippen LogP contribution is 2.48. The third-order valence-corrected chi connectivity index (χ3v) is 11.0. The summed E-state index contributed by atoms with van der Waals surface area (Å²) in [6, 6.07) is 38.8. The lowest BCUT2D eigenvalue weighted by Gasteiger charge is -2.40. The minimum absolute atomic E-state index is 0.0892. The Morgan fingerprint density at radius 2 is 1.42 bits per heavy atom. The first-order valence-electron chi connectivity index (χ1n) is 18.2. The van der Waals surface area contributed by atoms with Crippen LogP contribution in [-0.4, -0.2) is 42.2 Å². The van der Waals surface area contributed by atoms with Crippen LogP contribution in [0.1, 0.15) is 53.2 Å². The molecule has 7 heteroatoms. The van der Waals surface area contributed by atoms with Crippen molar-refractivity contribution in [2.24, 2.45) is 0 Å². The highest BCUT2D eigenvalue weighted by molar-refractivity contribution is 6.09. The minimum Gasteiger partial charge on any atom is -0.478 e. The third kappa shape index (κ3) is 6.56. The van der Waals surface area contributed by atoms with Crippen molar-refractivity contribution in [3.63, 3.8) is 0 Å². The van der Waals surface area contributed by atoms with Crippen LogP contribution < -0.4 is 9.80 Å². The van der Waals surface area contributed by atoms with Crippen molar-refractivity contribution in [2.45, 2.75) is 38.0 Å². The second-order valence-corrected chi connectivity index (χ2v) is 14.8. The van der Waals surface area contributed by atoms with E-state index in [9.17, 15) is 9.18 Å². The van der Waals surface area contributed by atoms with Crippen molar-refractivity contribution < 1.29 is 18.7 Å². The second-order valence-electron chi connectivity index (χ2n) is 14.8. The molecule has 266 valence electrons. The van der Waals surface area contributed by atoms with Gasteiger partial charge < -0.3 is 14.9 Å². The lowest BCUT2D eigenvalue weighted by Crippen LogP contribution is -2.46. The topological polar surface area (TPSA) is 56.7 Å². The van der Waals surface area contributed by atoms with Crippen LogP contribution in [0.5, 0.6) is 0 Å². The number of aromatic nitrogens is 1. The normalized spacial score (nSPS) is 16.6. The number of carboxylic acid groups (broad SMARTS) is 1. The zero-order valence-corrected chi connectivity index (χ0v) is 29.9. The van der Waals surface area contributed by atoms with E-state index in [1.807, 2.05) is 48.5 Å². The van der Waals surface area contributed by atoms with E-state index in [0.717, 1.165) is 60.6 Å². The van der Waals surface area contributed by atoms with Gasteiger partial charge >= 0.3 is 5.97 Å². The number of rotatable bonds is 4. The highest BCUT2D eigenvalue weighted by atomic mass is 19.1. The van der Waals surface area contributed by atoms with Crippen LogP contribution in [0.2, 0.25) is 0 Å². The fourth-order valence-corrected chi connectivity index (χ4v) is 8.61. The summed E-state index contributed by atoms with van der Waals surface area (Å²) in [7, 11) is 0. The Bertz CT molecular complexity index is 2480. The first kappa shape index (κ1) is 34.3. The number of hydrogen-bond donors (Lipinski definition) is 1. The molecule has 1 aliphatic heterocycles. The number of para-hydroxylation sites is 2. The van der Waals surface area contributed by atoms with Crippen LogP contribution in [-0.2, 0) is 11.8 Å². The molecule has 1 aromatic heterocycles. The Kier molecular flexibility index (Phi) is 9.03. The van der Waals surface area contributed by atoms with Crippen LogP contribution in [0.4, 0.5) is 20.2 Å². The van der Waals surface area contributed by atoms with Crippen molar-refractivity contribution in [2.75, 3.05) is 36.0 Å². The quantitative estimate of drug-likeness (QED) is 0.185. The second kappa shape index (κ2) is 14.0. The van der Waals surface area contributed by atoms with Gasteiger partial charge in [0.15, 0.2) is 0 Å². The number of carboxylic acids is 1. The fourth-order valence-electron chi connectivity index (χ4n) is 8.61. The molecule has 1 fully saturated rings.